The monoisotopic (exact) mass is 399 g/mol. The molecule has 29 heavy (non-hydrogen) atoms. The van der Waals surface area contributed by atoms with Crippen molar-refractivity contribution in [2.24, 2.45) is 0 Å². The van der Waals surface area contributed by atoms with Crippen LogP contribution >= 0.6 is 0 Å². The number of methoxy groups -OCH3 is 1. The fraction of sp³-hybridized carbons (Fsp3) is 0.238. The van der Waals surface area contributed by atoms with Gasteiger partial charge in [-0.2, -0.15) is 0 Å². The summed E-state index contributed by atoms with van der Waals surface area (Å²) in [4.78, 5) is 25.3. The highest BCUT2D eigenvalue weighted by Crippen LogP contribution is 2.29. The summed E-state index contributed by atoms with van der Waals surface area (Å²) in [6.45, 7) is 2.59. The summed E-state index contributed by atoms with van der Waals surface area (Å²) in [6, 6.07) is 11.1. The SMILES string of the molecule is C#CCN(Cc1ccc(F)cc1)c1ccc(NC(=O)OCC)c(NC(=O)OC)c1. The van der Waals surface area contributed by atoms with Crippen LogP contribution in [0.1, 0.15) is 12.5 Å². The van der Waals surface area contributed by atoms with Gasteiger partial charge in [-0.15, -0.1) is 6.42 Å². The van der Waals surface area contributed by atoms with Gasteiger partial charge in [0.1, 0.15) is 5.82 Å². The van der Waals surface area contributed by atoms with Crippen molar-refractivity contribution < 1.29 is 23.5 Å². The lowest BCUT2D eigenvalue weighted by atomic mass is 10.1. The van der Waals surface area contributed by atoms with Crippen LogP contribution in [0, 0.1) is 18.2 Å². The molecule has 0 aromatic heterocycles. The number of ether oxygens (including phenoxy) is 2. The molecule has 0 atom stereocenters. The van der Waals surface area contributed by atoms with E-state index in [9.17, 15) is 14.0 Å². The molecule has 7 nitrogen and oxygen atoms in total. The van der Waals surface area contributed by atoms with E-state index in [4.69, 9.17) is 11.2 Å². The number of halogens is 1. The number of hydrogen-bond donors (Lipinski definition) is 2. The van der Waals surface area contributed by atoms with Crippen LogP contribution in [0.2, 0.25) is 0 Å². The van der Waals surface area contributed by atoms with Crippen LogP contribution in [0.15, 0.2) is 42.5 Å². The second-order valence-corrected chi connectivity index (χ2v) is 5.88. The molecule has 152 valence electrons. The Bertz CT molecular complexity index is 894. The lowest BCUT2D eigenvalue weighted by Gasteiger charge is -2.24. The molecule has 0 aliphatic carbocycles. The molecule has 2 N–H and O–H groups in total. The van der Waals surface area contributed by atoms with Gasteiger partial charge < -0.3 is 14.4 Å². The maximum absolute atomic E-state index is 13.2. The number of benzene rings is 2. The number of nitrogens with zero attached hydrogens (tertiary/aromatic N) is 1. The molecule has 0 bridgehead atoms. The van der Waals surface area contributed by atoms with E-state index in [2.05, 4.69) is 21.3 Å². The second-order valence-electron chi connectivity index (χ2n) is 5.88. The average molecular weight is 399 g/mol. The molecule has 0 spiro atoms. The van der Waals surface area contributed by atoms with Gasteiger partial charge in [-0.05, 0) is 42.8 Å². The van der Waals surface area contributed by atoms with Crippen LogP contribution in [0.5, 0.6) is 0 Å². The largest absolute Gasteiger partial charge is 0.453 e. The molecule has 2 amide bonds. The topological polar surface area (TPSA) is 79.9 Å². The normalized spacial score (nSPS) is 9.86. The Morgan fingerprint density at radius 1 is 1.10 bits per heavy atom. The lowest BCUT2D eigenvalue weighted by molar-refractivity contribution is 0.168. The first kappa shape index (κ1) is 21.6. The molecule has 0 unspecified atom stereocenters. The van der Waals surface area contributed by atoms with Gasteiger partial charge in [-0.25, -0.2) is 14.0 Å². The Kier molecular flexibility index (Phi) is 7.86. The first-order valence-corrected chi connectivity index (χ1v) is 8.82. The highest BCUT2D eigenvalue weighted by molar-refractivity contribution is 5.96. The molecule has 0 heterocycles. The predicted octanol–water partition coefficient (Wildman–Crippen LogP) is 4.21. The number of anilines is 3. The molecule has 2 aromatic rings. The Balaban J connectivity index is 2.33. The minimum Gasteiger partial charge on any atom is -0.453 e. The number of nitrogens with one attached hydrogen (secondary N) is 2. The first-order valence-electron chi connectivity index (χ1n) is 8.82. The van der Waals surface area contributed by atoms with E-state index in [0.717, 1.165) is 5.56 Å². The van der Waals surface area contributed by atoms with Gasteiger partial charge >= 0.3 is 12.2 Å². The Morgan fingerprint density at radius 2 is 1.79 bits per heavy atom. The van der Waals surface area contributed by atoms with Gasteiger partial charge in [0, 0.05) is 12.2 Å². The molecule has 2 rings (SSSR count). The third kappa shape index (κ3) is 6.43. The number of carbonyl (C=O) groups excluding carboxylic acids is 2. The zero-order chi connectivity index (χ0) is 21.2. The predicted molar refractivity (Wildman–Crippen MR) is 109 cm³/mol. The van der Waals surface area contributed by atoms with E-state index in [0.29, 0.717) is 23.6 Å². The fourth-order valence-corrected chi connectivity index (χ4v) is 2.54. The van der Waals surface area contributed by atoms with Gasteiger partial charge in [-0.3, -0.25) is 10.6 Å². The van der Waals surface area contributed by atoms with Gasteiger partial charge in [0.25, 0.3) is 0 Å². The van der Waals surface area contributed by atoms with E-state index in [-0.39, 0.29) is 19.0 Å². The van der Waals surface area contributed by atoms with Crippen LogP contribution in [0.4, 0.5) is 31.0 Å². The molecule has 0 radical (unpaired) electrons. The minimum atomic E-state index is -0.698. The van der Waals surface area contributed by atoms with Crippen molar-refractivity contribution >= 4 is 29.2 Å². The third-order valence-corrected chi connectivity index (χ3v) is 3.87. The molecular weight excluding hydrogens is 377 g/mol. The zero-order valence-corrected chi connectivity index (χ0v) is 16.2. The quantitative estimate of drug-likeness (QED) is 0.682. The smallest absolute Gasteiger partial charge is 0.411 e. The van der Waals surface area contributed by atoms with E-state index in [1.165, 1.54) is 19.2 Å². The summed E-state index contributed by atoms with van der Waals surface area (Å²) in [6.07, 6.45) is 4.15. The Hall–Kier alpha value is -3.73. The number of rotatable bonds is 7. The van der Waals surface area contributed by atoms with E-state index in [1.807, 2.05) is 4.90 Å². The summed E-state index contributed by atoms with van der Waals surface area (Å²) >= 11 is 0. The summed E-state index contributed by atoms with van der Waals surface area (Å²) in [5.74, 6) is 2.26. The Labute approximate surface area is 168 Å². The molecule has 2 aromatic carbocycles. The van der Waals surface area contributed by atoms with Crippen molar-refractivity contribution in [3.63, 3.8) is 0 Å². The van der Waals surface area contributed by atoms with Crippen molar-refractivity contribution in [2.75, 3.05) is 35.8 Å². The number of hydrogen-bond acceptors (Lipinski definition) is 5. The minimum absolute atomic E-state index is 0.206. The molecule has 0 aliphatic rings. The standard InChI is InChI=1S/C21H22FN3O4/c1-4-12-25(14-15-6-8-16(22)9-7-15)17-10-11-18(23-21(27)29-5-2)19(13-17)24-20(26)28-3/h1,6-11,13H,5,12,14H2,2-3H3,(H,23,27)(H,24,26). The first-order chi connectivity index (χ1) is 14.0. The van der Waals surface area contributed by atoms with Gasteiger partial charge in [0.05, 0.1) is 31.6 Å². The third-order valence-electron chi connectivity index (χ3n) is 3.87. The van der Waals surface area contributed by atoms with Gasteiger partial charge in [0.2, 0.25) is 0 Å². The highest BCUT2D eigenvalue weighted by atomic mass is 19.1. The lowest BCUT2D eigenvalue weighted by Crippen LogP contribution is -2.24. The van der Waals surface area contributed by atoms with Crippen LogP contribution in [-0.4, -0.2) is 32.4 Å². The zero-order valence-electron chi connectivity index (χ0n) is 16.2. The number of amides is 2. The summed E-state index contributed by atoms with van der Waals surface area (Å²) in [5.41, 5.74) is 2.19. The van der Waals surface area contributed by atoms with E-state index in [1.54, 1.807) is 37.3 Å². The van der Waals surface area contributed by atoms with Crippen LogP contribution < -0.4 is 15.5 Å². The van der Waals surface area contributed by atoms with Gasteiger partial charge in [-0.1, -0.05) is 18.1 Å². The average Bonchev–Trinajstić information content (AvgIpc) is 2.70. The Morgan fingerprint density at radius 3 is 2.41 bits per heavy atom. The number of carbonyl (C=O) groups is 2. The molecule has 8 heteroatoms. The van der Waals surface area contributed by atoms with Crippen molar-refractivity contribution in [3.8, 4) is 12.3 Å². The maximum Gasteiger partial charge on any atom is 0.411 e. The van der Waals surface area contributed by atoms with E-state index >= 15 is 0 Å². The summed E-state index contributed by atoms with van der Waals surface area (Å²) < 4.78 is 22.7. The molecular formula is C21H22FN3O4. The maximum atomic E-state index is 13.2. The summed E-state index contributed by atoms with van der Waals surface area (Å²) in [7, 11) is 1.23. The van der Waals surface area contributed by atoms with E-state index < -0.39 is 12.2 Å². The number of terminal acetylenes is 1. The van der Waals surface area contributed by atoms with Crippen LogP contribution in [0.3, 0.4) is 0 Å². The molecule has 0 saturated heterocycles. The molecule has 0 aliphatic heterocycles. The summed E-state index contributed by atoms with van der Waals surface area (Å²) in [5, 5.41) is 5.12. The van der Waals surface area contributed by atoms with Crippen molar-refractivity contribution in [1.29, 1.82) is 0 Å². The highest BCUT2D eigenvalue weighted by Gasteiger charge is 2.14. The van der Waals surface area contributed by atoms with Crippen LogP contribution in [-0.2, 0) is 16.0 Å². The second kappa shape index (κ2) is 10.6. The van der Waals surface area contributed by atoms with Gasteiger partial charge in [0.15, 0.2) is 0 Å². The molecule has 0 fully saturated rings. The van der Waals surface area contributed by atoms with Crippen molar-refractivity contribution in [2.45, 2.75) is 13.5 Å². The fourth-order valence-electron chi connectivity index (χ4n) is 2.54. The van der Waals surface area contributed by atoms with Crippen LogP contribution in [0.25, 0.3) is 0 Å². The molecule has 0 saturated carbocycles. The van der Waals surface area contributed by atoms with Crippen molar-refractivity contribution in [1.82, 2.24) is 0 Å². The van der Waals surface area contributed by atoms with Crippen molar-refractivity contribution in [3.05, 3.63) is 53.8 Å².